The first-order valence-electron chi connectivity index (χ1n) is 4.00. The van der Waals surface area contributed by atoms with Crippen LogP contribution in [-0.4, -0.2) is 48.8 Å². The van der Waals surface area contributed by atoms with Crippen LogP contribution in [0.2, 0.25) is 0 Å². The van der Waals surface area contributed by atoms with Gasteiger partial charge in [-0.15, -0.1) is 0 Å². The Balaban J connectivity index is 0.000000980. The van der Waals surface area contributed by atoms with Gasteiger partial charge in [-0.25, -0.2) is 4.79 Å². The number of benzene rings is 2. The summed E-state index contributed by atoms with van der Waals surface area (Å²) < 4.78 is 0. The van der Waals surface area contributed by atoms with Gasteiger partial charge in [-0.1, -0.05) is 36.4 Å². The Morgan fingerprint density at radius 1 is 1.00 bits per heavy atom. The topological polar surface area (TPSA) is 37.3 Å². The van der Waals surface area contributed by atoms with Crippen molar-refractivity contribution in [3.8, 4) is 0 Å². The summed E-state index contributed by atoms with van der Waals surface area (Å²) in [6, 6.07) is 12.7. The fourth-order valence-corrected chi connectivity index (χ4v) is 1.41. The van der Waals surface area contributed by atoms with Gasteiger partial charge >= 0.3 is 5.97 Å². The molecule has 0 atom stereocenters. The second kappa shape index (κ2) is 4.78. The van der Waals surface area contributed by atoms with Crippen LogP contribution >= 0.6 is 0 Å². The van der Waals surface area contributed by atoms with Crippen LogP contribution in [0.15, 0.2) is 42.5 Å². The van der Waals surface area contributed by atoms with Crippen LogP contribution in [0.1, 0.15) is 10.4 Å². The first-order valence-corrected chi connectivity index (χ1v) is 4.00. The van der Waals surface area contributed by atoms with Crippen molar-refractivity contribution in [3.63, 3.8) is 0 Å². The molecular formula is C11H8CaO2. The second-order valence-electron chi connectivity index (χ2n) is 2.83. The molecular weight excluding hydrogens is 204 g/mol. The number of hydrogen-bond donors (Lipinski definition) is 1. The smallest absolute Gasteiger partial charge is 0.336 e. The van der Waals surface area contributed by atoms with Crippen molar-refractivity contribution in [2.24, 2.45) is 0 Å². The normalized spacial score (nSPS) is 9.43. The largest absolute Gasteiger partial charge is 0.478 e. The van der Waals surface area contributed by atoms with Crippen molar-refractivity contribution in [1.82, 2.24) is 0 Å². The maximum absolute atomic E-state index is 10.8. The van der Waals surface area contributed by atoms with Gasteiger partial charge in [0.1, 0.15) is 0 Å². The third kappa shape index (κ3) is 2.08. The summed E-state index contributed by atoms with van der Waals surface area (Å²) in [6.07, 6.45) is 0. The average Bonchev–Trinajstić information content (AvgIpc) is 2.17. The van der Waals surface area contributed by atoms with Crippen molar-refractivity contribution >= 4 is 54.5 Å². The Hall–Kier alpha value is -0.570. The van der Waals surface area contributed by atoms with Crippen molar-refractivity contribution in [2.75, 3.05) is 0 Å². The Kier molecular flexibility index (Phi) is 3.93. The number of fused-ring (bicyclic) bond motifs is 1. The molecule has 0 amide bonds. The standard InChI is InChI=1S/C11H8O2.Ca/c12-11(13)10-7-3-5-8-4-1-2-6-9(8)10;/h1-7H,(H,12,13);. The molecule has 0 saturated carbocycles. The average molecular weight is 212 g/mol. The quantitative estimate of drug-likeness (QED) is 0.735. The predicted molar refractivity (Wildman–Crippen MR) is 56.7 cm³/mol. The molecule has 3 heteroatoms. The zero-order chi connectivity index (χ0) is 9.26. The number of carbonyl (C=O) groups is 1. The molecule has 14 heavy (non-hydrogen) atoms. The van der Waals surface area contributed by atoms with Crippen molar-refractivity contribution in [1.29, 1.82) is 0 Å². The van der Waals surface area contributed by atoms with E-state index >= 15 is 0 Å². The molecule has 0 aliphatic heterocycles. The molecule has 2 rings (SSSR count). The number of carboxylic acid groups (broad SMARTS) is 1. The van der Waals surface area contributed by atoms with Crippen LogP contribution in [0.4, 0.5) is 0 Å². The minimum atomic E-state index is -0.878. The predicted octanol–water partition coefficient (Wildman–Crippen LogP) is 2.16. The summed E-state index contributed by atoms with van der Waals surface area (Å²) >= 11 is 0. The number of carboxylic acids is 1. The summed E-state index contributed by atoms with van der Waals surface area (Å²) in [4.78, 5) is 10.8. The van der Waals surface area contributed by atoms with Crippen LogP contribution in [0.3, 0.4) is 0 Å². The van der Waals surface area contributed by atoms with E-state index in [9.17, 15) is 4.79 Å². The summed E-state index contributed by atoms with van der Waals surface area (Å²) in [5, 5.41) is 10.6. The van der Waals surface area contributed by atoms with E-state index in [1.54, 1.807) is 12.1 Å². The van der Waals surface area contributed by atoms with Gasteiger partial charge in [-0.2, -0.15) is 0 Å². The van der Waals surface area contributed by atoms with E-state index in [4.69, 9.17) is 5.11 Å². The van der Waals surface area contributed by atoms with Gasteiger partial charge in [-0.05, 0) is 16.8 Å². The zero-order valence-electron chi connectivity index (χ0n) is 7.60. The molecule has 0 spiro atoms. The van der Waals surface area contributed by atoms with Gasteiger partial charge < -0.3 is 5.11 Å². The molecule has 0 aliphatic rings. The minimum absolute atomic E-state index is 0. The van der Waals surface area contributed by atoms with Gasteiger partial charge in [0.25, 0.3) is 0 Å². The third-order valence-corrected chi connectivity index (χ3v) is 2.02. The maximum atomic E-state index is 10.8. The molecule has 2 aromatic rings. The monoisotopic (exact) mass is 212 g/mol. The Morgan fingerprint density at radius 2 is 1.64 bits per heavy atom. The summed E-state index contributed by atoms with van der Waals surface area (Å²) in [7, 11) is 0. The molecule has 0 unspecified atom stereocenters. The van der Waals surface area contributed by atoms with Gasteiger partial charge in [0.05, 0.1) is 5.56 Å². The van der Waals surface area contributed by atoms with Gasteiger partial charge in [0.15, 0.2) is 0 Å². The summed E-state index contributed by atoms with van der Waals surface area (Å²) in [5.41, 5.74) is 0.359. The molecule has 66 valence electrons. The summed E-state index contributed by atoms with van der Waals surface area (Å²) in [6.45, 7) is 0. The van der Waals surface area contributed by atoms with E-state index in [0.717, 1.165) is 10.8 Å². The van der Waals surface area contributed by atoms with E-state index in [-0.39, 0.29) is 37.7 Å². The van der Waals surface area contributed by atoms with E-state index in [1.807, 2.05) is 30.3 Å². The molecule has 0 aromatic heterocycles. The fourth-order valence-electron chi connectivity index (χ4n) is 1.41. The molecule has 0 bridgehead atoms. The van der Waals surface area contributed by atoms with Gasteiger partial charge in [0, 0.05) is 37.7 Å². The molecule has 0 saturated heterocycles. The van der Waals surface area contributed by atoms with Gasteiger partial charge in [0.2, 0.25) is 0 Å². The van der Waals surface area contributed by atoms with Crippen LogP contribution in [0, 0.1) is 0 Å². The summed E-state index contributed by atoms with van der Waals surface area (Å²) in [5.74, 6) is -0.878. The van der Waals surface area contributed by atoms with Crippen LogP contribution in [0.5, 0.6) is 0 Å². The van der Waals surface area contributed by atoms with Gasteiger partial charge in [-0.3, -0.25) is 0 Å². The molecule has 0 heterocycles. The molecule has 2 aromatic carbocycles. The van der Waals surface area contributed by atoms with E-state index < -0.39 is 5.97 Å². The molecule has 2 radical (unpaired) electrons. The first-order chi connectivity index (χ1) is 6.29. The van der Waals surface area contributed by atoms with E-state index in [2.05, 4.69) is 0 Å². The fraction of sp³-hybridized carbons (Fsp3) is 0. The van der Waals surface area contributed by atoms with E-state index in [1.165, 1.54) is 0 Å². The second-order valence-corrected chi connectivity index (χ2v) is 2.83. The molecule has 0 aliphatic carbocycles. The first kappa shape index (κ1) is 11.5. The molecule has 2 nitrogen and oxygen atoms in total. The van der Waals surface area contributed by atoms with Crippen LogP contribution in [0.25, 0.3) is 10.8 Å². The van der Waals surface area contributed by atoms with Crippen LogP contribution < -0.4 is 0 Å². The SMILES string of the molecule is O=C(O)c1cccc2ccccc12.[Ca]. The van der Waals surface area contributed by atoms with Crippen LogP contribution in [-0.2, 0) is 0 Å². The number of aromatic carboxylic acids is 1. The Bertz CT molecular complexity index is 460. The Labute approximate surface area is 112 Å². The minimum Gasteiger partial charge on any atom is -0.478 e. The third-order valence-electron chi connectivity index (χ3n) is 2.02. The number of rotatable bonds is 1. The van der Waals surface area contributed by atoms with Crippen molar-refractivity contribution < 1.29 is 9.90 Å². The van der Waals surface area contributed by atoms with E-state index in [0.29, 0.717) is 5.56 Å². The Morgan fingerprint density at radius 3 is 2.36 bits per heavy atom. The number of hydrogen-bond acceptors (Lipinski definition) is 1. The maximum Gasteiger partial charge on any atom is 0.336 e. The zero-order valence-corrected chi connectivity index (χ0v) is 9.81. The van der Waals surface area contributed by atoms with Crippen molar-refractivity contribution in [2.45, 2.75) is 0 Å². The molecule has 0 fully saturated rings. The molecule has 1 N–H and O–H groups in total. The van der Waals surface area contributed by atoms with Crippen molar-refractivity contribution in [3.05, 3.63) is 48.0 Å².